The summed E-state index contributed by atoms with van der Waals surface area (Å²) < 4.78 is 11.7. The summed E-state index contributed by atoms with van der Waals surface area (Å²) in [5.74, 6) is -9.17. The van der Waals surface area contributed by atoms with E-state index in [0.717, 1.165) is 32.5 Å². The summed E-state index contributed by atoms with van der Waals surface area (Å²) in [4.78, 5) is 150. The number of Topliss-reactive ketones (excluding diaryl/α,β-unsaturated/α-hetero) is 2. The Bertz CT molecular complexity index is 3280. The van der Waals surface area contributed by atoms with E-state index in [1.807, 2.05) is 83.9 Å². The summed E-state index contributed by atoms with van der Waals surface area (Å²) in [5, 5.41) is 51.6. The molecule has 3 aromatic carbocycles. The summed E-state index contributed by atoms with van der Waals surface area (Å²) in [5.41, 5.74) is 0.661. The van der Waals surface area contributed by atoms with Crippen molar-refractivity contribution in [1.29, 1.82) is 0 Å². The van der Waals surface area contributed by atoms with E-state index in [2.05, 4.69) is 42.2 Å². The lowest BCUT2D eigenvalue weighted by atomic mass is 9.77. The van der Waals surface area contributed by atoms with Crippen molar-refractivity contribution in [3.05, 3.63) is 108 Å². The van der Waals surface area contributed by atoms with Crippen LogP contribution in [0.1, 0.15) is 137 Å². The molecule has 98 heavy (non-hydrogen) atoms. The molecule has 1 saturated heterocycles. The maximum absolute atomic E-state index is 15.4. The molecule has 4 aromatic rings. The zero-order chi connectivity index (χ0) is 72.5. The van der Waals surface area contributed by atoms with Crippen molar-refractivity contribution in [3.63, 3.8) is 0 Å². The first-order valence-electron chi connectivity index (χ1n) is 33.7. The SMILES string of the molecule is CC(O)C(CO)NC(=O)C1CSSCC(NC(=O)C(CC(=O)OC(CCN(C)C)C(C)(C)CCC(=O)C(C)(C)C)Cc2ccccc2)C(=O)CC(Cc2ccccc2)C(=O)NC(Cc2c[nH]c3ccccc23)C(=O)NC(CCCCNC(=O)OC(C)(C)C)C(=O)NC(C(C)O)C(=O)N1. The van der Waals surface area contributed by atoms with Crippen molar-refractivity contribution in [3.8, 4) is 0 Å². The summed E-state index contributed by atoms with van der Waals surface area (Å²) in [6.07, 6.45) is -2.11. The van der Waals surface area contributed by atoms with Gasteiger partial charge in [-0.15, -0.1) is 0 Å². The van der Waals surface area contributed by atoms with E-state index in [-0.39, 0.29) is 68.8 Å². The van der Waals surface area contributed by atoms with Crippen LogP contribution in [0.5, 0.6) is 0 Å². The van der Waals surface area contributed by atoms with Gasteiger partial charge in [0.25, 0.3) is 0 Å². The van der Waals surface area contributed by atoms with Gasteiger partial charge in [0.05, 0.1) is 43.2 Å². The lowest BCUT2D eigenvalue weighted by Gasteiger charge is -2.35. The number of amides is 7. The Labute approximate surface area is 584 Å². The van der Waals surface area contributed by atoms with E-state index in [9.17, 15) is 44.1 Å². The van der Waals surface area contributed by atoms with Gasteiger partial charge in [-0.1, -0.05) is 135 Å². The highest BCUT2D eigenvalue weighted by atomic mass is 33.1. The second kappa shape index (κ2) is 38.9. The van der Waals surface area contributed by atoms with Crippen molar-refractivity contribution in [1.82, 2.24) is 47.1 Å². The fourth-order valence-corrected chi connectivity index (χ4v) is 13.4. The van der Waals surface area contributed by atoms with Gasteiger partial charge in [-0.25, -0.2) is 4.79 Å². The third-order valence-electron chi connectivity index (χ3n) is 17.1. The first-order valence-corrected chi connectivity index (χ1v) is 36.2. The number of unbranched alkanes of at least 4 members (excludes halogenated alkanes) is 1. The number of alkyl carbamates (subject to hydrolysis) is 1. The maximum Gasteiger partial charge on any atom is 0.407 e. The first kappa shape index (κ1) is 81.3. The Hall–Kier alpha value is -7.36. The van der Waals surface area contributed by atoms with Crippen LogP contribution in [-0.4, -0.2) is 190 Å². The number of hydrogen-bond donors (Lipinski definition) is 11. The number of esters is 1. The molecule has 11 N–H and O–H groups in total. The fourth-order valence-electron chi connectivity index (χ4n) is 11.0. The molecule has 11 atom stereocenters. The van der Waals surface area contributed by atoms with Crippen molar-refractivity contribution >= 4 is 91.6 Å². The number of benzene rings is 3. The van der Waals surface area contributed by atoms with Crippen molar-refractivity contribution in [2.75, 3.05) is 45.3 Å². The Morgan fingerprint density at radius 2 is 1.36 bits per heavy atom. The highest BCUT2D eigenvalue weighted by molar-refractivity contribution is 8.76. The molecule has 5 rings (SSSR count). The van der Waals surface area contributed by atoms with Crippen LogP contribution in [0.2, 0.25) is 0 Å². The van der Waals surface area contributed by atoms with Gasteiger partial charge in [-0.2, -0.15) is 0 Å². The number of rotatable bonds is 28. The van der Waals surface area contributed by atoms with Crippen LogP contribution < -0.4 is 37.2 Å². The van der Waals surface area contributed by atoms with Crippen LogP contribution in [0.4, 0.5) is 4.79 Å². The molecule has 540 valence electrons. The highest BCUT2D eigenvalue weighted by Gasteiger charge is 2.39. The van der Waals surface area contributed by atoms with E-state index in [4.69, 9.17) is 9.47 Å². The maximum atomic E-state index is 15.4. The largest absolute Gasteiger partial charge is 0.462 e. The van der Waals surface area contributed by atoms with Gasteiger partial charge >= 0.3 is 12.1 Å². The third kappa shape index (κ3) is 27.4. The van der Waals surface area contributed by atoms with Gasteiger partial charge in [0.15, 0.2) is 5.78 Å². The molecule has 24 nitrogen and oxygen atoms in total. The van der Waals surface area contributed by atoms with Gasteiger partial charge in [0.1, 0.15) is 41.7 Å². The predicted molar refractivity (Wildman–Crippen MR) is 379 cm³/mol. The van der Waals surface area contributed by atoms with E-state index in [1.54, 1.807) is 81.6 Å². The topological polar surface area (TPSA) is 353 Å². The summed E-state index contributed by atoms with van der Waals surface area (Å²) >= 11 is 0. The molecule has 1 fully saturated rings. The van der Waals surface area contributed by atoms with E-state index < -0.39 is 156 Å². The normalized spacial score (nSPS) is 20.6. The van der Waals surface area contributed by atoms with E-state index in [1.165, 1.54) is 13.8 Å². The molecule has 0 aliphatic carbocycles. The monoisotopic (exact) mass is 1400 g/mol. The van der Waals surface area contributed by atoms with Crippen LogP contribution in [0.3, 0.4) is 0 Å². The number of hydrogen-bond acceptors (Lipinski definition) is 18. The molecule has 0 bridgehead atoms. The molecule has 1 aliphatic rings. The molecule has 1 aliphatic heterocycles. The average Bonchev–Trinajstić information content (AvgIpc) is 1.70. The quantitative estimate of drug-likeness (QED) is 0.0181. The molecule has 0 radical (unpaired) electrons. The summed E-state index contributed by atoms with van der Waals surface area (Å²) in [6, 6.07) is 16.4. The van der Waals surface area contributed by atoms with Crippen LogP contribution in [0.15, 0.2) is 91.1 Å². The number of carbonyl (C=O) groups excluding carboxylic acids is 10. The first-order chi connectivity index (χ1) is 46.1. The minimum Gasteiger partial charge on any atom is -0.462 e. The Morgan fingerprint density at radius 3 is 1.98 bits per heavy atom. The standard InChI is InChI=1S/C72H105N9O15S2/c1-44(83)55(41-82)77-67(92)57-43-98-97-42-56(78-64(89)49(36-47-25-17-14-18-26-47)39-61(87)95-60(31-34-81(11)12)72(9,10)32-30-59(86)70(3,4)5)58(85)38-48(35-46-23-15-13-16-24-46)63(88)76-54(37-50-40-74-52-28-20-19-27-51(50)52)66(91)75-53(65(90)80-62(45(2)84)68(93)79-57)29-21-22-33-73-69(94)96-71(6,7)8/h13-20,23-28,40,44-45,48-49,53-57,60,62,74,82-84H,21-22,29-39,41-43H2,1-12H3,(H,73,94)(H,75,91)(H,76,88)(H,77,92)(H,78,89)(H,79,93)(H,80,90). The minimum atomic E-state index is -1.77. The van der Waals surface area contributed by atoms with E-state index >= 15 is 19.2 Å². The molecular formula is C72H105N9O15S2. The number of nitrogens with zero attached hydrogens (tertiary/aromatic N) is 1. The van der Waals surface area contributed by atoms with Crippen LogP contribution >= 0.6 is 21.6 Å². The number of aromatic nitrogens is 1. The van der Waals surface area contributed by atoms with Gasteiger partial charge in [0.2, 0.25) is 35.4 Å². The fraction of sp³-hybridized carbons (Fsp3) is 0.583. The number of H-pyrrole nitrogens is 1. The number of nitrogens with one attached hydrogen (secondary N) is 8. The molecule has 0 saturated carbocycles. The Kier molecular flexibility index (Phi) is 32.2. The van der Waals surface area contributed by atoms with Crippen molar-refractivity contribution in [2.24, 2.45) is 22.7 Å². The van der Waals surface area contributed by atoms with E-state index in [0.29, 0.717) is 36.1 Å². The molecule has 2 heterocycles. The summed E-state index contributed by atoms with van der Waals surface area (Å²) in [6.45, 7) is 17.1. The number of aliphatic hydroxyl groups is 3. The number of aliphatic hydroxyl groups excluding tert-OH is 3. The predicted octanol–water partition coefficient (Wildman–Crippen LogP) is 5.82. The zero-order valence-corrected chi connectivity index (χ0v) is 60.5. The second-order valence-electron chi connectivity index (χ2n) is 28.4. The van der Waals surface area contributed by atoms with Gasteiger partial charge in [-0.3, -0.25) is 43.2 Å². The minimum absolute atomic E-state index is 0.0263. The molecule has 1 aromatic heterocycles. The number of aromatic amines is 1. The lowest BCUT2D eigenvalue weighted by Crippen LogP contribution is -2.62. The second-order valence-corrected chi connectivity index (χ2v) is 31.0. The van der Waals surface area contributed by atoms with Crippen LogP contribution in [-0.2, 0) is 71.9 Å². The third-order valence-corrected chi connectivity index (χ3v) is 19.5. The Balaban J connectivity index is 1.61. The average molecular weight is 1400 g/mol. The zero-order valence-electron chi connectivity index (χ0n) is 58.8. The number of ketones is 2. The smallest absolute Gasteiger partial charge is 0.407 e. The van der Waals surface area contributed by atoms with Crippen molar-refractivity contribution < 1.29 is 72.7 Å². The van der Waals surface area contributed by atoms with Gasteiger partial charge in [-0.05, 0) is 116 Å². The number of para-hydroxylation sites is 1. The number of carbonyl (C=O) groups is 10. The number of ether oxygens (including phenoxy) is 2. The molecular weight excluding hydrogens is 1290 g/mol. The molecule has 0 spiro atoms. The van der Waals surface area contributed by atoms with Crippen LogP contribution in [0.25, 0.3) is 10.9 Å². The van der Waals surface area contributed by atoms with Crippen molar-refractivity contribution in [2.45, 2.75) is 200 Å². The molecule has 26 heteroatoms. The Morgan fingerprint density at radius 1 is 0.735 bits per heavy atom. The highest BCUT2D eigenvalue weighted by Crippen LogP contribution is 2.35. The van der Waals surface area contributed by atoms with Gasteiger partial charge < -0.3 is 71.9 Å². The summed E-state index contributed by atoms with van der Waals surface area (Å²) in [7, 11) is 5.82. The molecule has 11 unspecified atom stereocenters. The molecule has 7 amide bonds. The van der Waals surface area contributed by atoms with Crippen LogP contribution in [0, 0.1) is 22.7 Å². The van der Waals surface area contributed by atoms with Gasteiger partial charge in [0, 0.05) is 77.7 Å². The number of fused-ring (bicyclic) bond motifs is 1. The lowest BCUT2D eigenvalue weighted by molar-refractivity contribution is -0.159.